The maximum atomic E-state index is 12.9. The first-order valence-corrected chi connectivity index (χ1v) is 11.2. The molecule has 0 radical (unpaired) electrons. The van der Waals surface area contributed by atoms with Crippen LogP contribution in [0.5, 0.6) is 0 Å². The Morgan fingerprint density at radius 3 is 2.88 bits per heavy atom. The average Bonchev–Trinajstić information content (AvgIpc) is 3.11. The molecule has 8 nitrogen and oxygen atoms in total. The van der Waals surface area contributed by atoms with Gasteiger partial charge >= 0.3 is 6.09 Å². The summed E-state index contributed by atoms with van der Waals surface area (Å²) in [6.45, 7) is 8.06. The van der Waals surface area contributed by atoms with Crippen LogP contribution in [0, 0.1) is 0 Å². The number of benzene rings is 1. The van der Waals surface area contributed by atoms with E-state index in [0.717, 1.165) is 42.0 Å². The van der Waals surface area contributed by atoms with Crippen LogP contribution in [-0.4, -0.2) is 59.4 Å². The molecule has 3 aliphatic heterocycles. The Kier molecular flexibility index (Phi) is 5.46. The lowest BCUT2D eigenvalue weighted by Crippen LogP contribution is -2.47. The zero-order valence-electron chi connectivity index (χ0n) is 18.4. The number of carbonyl (C=O) groups excluding carboxylic acids is 1. The summed E-state index contributed by atoms with van der Waals surface area (Å²) in [5.74, 6) is 1.60. The van der Waals surface area contributed by atoms with Gasteiger partial charge in [-0.1, -0.05) is 12.7 Å². The number of aromatic nitrogens is 2. The van der Waals surface area contributed by atoms with Crippen molar-refractivity contribution in [3.8, 4) is 11.4 Å². The highest BCUT2D eigenvalue weighted by Crippen LogP contribution is 2.47. The number of carbonyl (C=O) groups is 1. The maximum absolute atomic E-state index is 12.9. The fraction of sp³-hybridized carbons (Fsp3) is 0.458. The van der Waals surface area contributed by atoms with Crippen molar-refractivity contribution in [2.45, 2.75) is 44.3 Å². The van der Waals surface area contributed by atoms with Crippen molar-refractivity contribution in [2.24, 2.45) is 0 Å². The summed E-state index contributed by atoms with van der Waals surface area (Å²) in [5.41, 5.74) is 9.61. The quantitative estimate of drug-likeness (QED) is 0.581. The number of nitrogens with two attached hydrogens (primary N) is 1. The summed E-state index contributed by atoms with van der Waals surface area (Å²) >= 11 is 0. The van der Waals surface area contributed by atoms with Crippen LogP contribution >= 0.6 is 0 Å². The third-order valence-electron chi connectivity index (χ3n) is 6.61. The molecule has 8 heteroatoms. The molecule has 0 saturated carbocycles. The van der Waals surface area contributed by atoms with Crippen molar-refractivity contribution in [1.29, 1.82) is 0 Å². The van der Waals surface area contributed by atoms with E-state index in [2.05, 4.69) is 18.4 Å². The van der Waals surface area contributed by atoms with Crippen molar-refractivity contribution in [1.82, 2.24) is 14.9 Å². The zero-order valence-corrected chi connectivity index (χ0v) is 18.4. The number of nitrogens with zero attached hydrogens (tertiary/aromatic N) is 4. The molecule has 4 heterocycles. The lowest BCUT2D eigenvalue weighted by atomic mass is 9.97. The van der Waals surface area contributed by atoms with Crippen molar-refractivity contribution in [3.63, 3.8) is 0 Å². The molecule has 32 heavy (non-hydrogen) atoms. The van der Waals surface area contributed by atoms with Crippen LogP contribution in [0.3, 0.4) is 0 Å². The second-order valence-corrected chi connectivity index (χ2v) is 8.69. The minimum absolute atomic E-state index is 0.0772. The second-order valence-electron chi connectivity index (χ2n) is 8.69. The van der Waals surface area contributed by atoms with Crippen LogP contribution in [0.2, 0.25) is 0 Å². The molecule has 3 aliphatic rings. The molecule has 2 saturated heterocycles. The number of amides is 1. The number of ether oxygens (including phenoxy) is 2. The number of morpholine rings is 1. The zero-order chi connectivity index (χ0) is 22.2. The number of rotatable bonds is 4. The van der Waals surface area contributed by atoms with E-state index in [1.54, 1.807) is 6.08 Å². The van der Waals surface area contributed by atoms with Crippen LogP contribution < -0.4 is 10.6 Å². The SMILES string of the molecule is C=CCOC(=O)N1[C@H]2CC[C@@H]1c1c(nc(-c3ccc(N)cc3)nc1N1CCOC[C@@H]1C)C2. The predicted molar refractivity (Wildman–Crippen MR) is 122 cm³/mol. The smallest absolute Gasteiger partial charge is 0.410 e. The van der Waals surface area contributed by atoms with Gasteiger partial charge < -0.3 is 20.1 Å². The van der Waals surface area contributed by atoms with Crippen molar-refractivity contribution in [3.05, 3.63) is 48.2 Å². The molecule has 1 aromatic heterocycles. The normalized spacial score (nSPS) is 24.2. The predicted octanol–water partition coefficient (Wildman–Crippen LogP) is 3.34. The molecule has 0 aliphatic carbocycles. The van der Waals surface area contributed by atoms with Gasteiger partial charge in [-0.2, -0.15) is 0 Å². The Bertz CT molecular complexity index is 1030. The third kappa shape index (κ3) is 3.58. The summed E-state index contributed by atoms with van der Waals surface area (Å²) in [6, 6.07) is 7.86. The number of anilines is 2. The average molecular weight is 436 g/mol. The van der Waals surface area contributed by atoms with Gasteiger partial charge in [0.2, 0.25) is 0 Å². The van der Waals surface area contributed by atoms with Crippen LogP contribution in [0.1, 0.15) is 37.1 Å². The van der Waals surface area contributed by atoms with Gasteiger partial charge in [0, 0.05) is 35.8 Å². The first-order valence-electron chi connectivity index (χ1n) is 11.2. The van der Waals surface area contributed by atoms with Gasteiger partial charge in [-0.15, -0.1) is 0 Å². The fourth-order valence-corrected chi connectivity index (χ4v) is 5.09. The van der Waals surface area contributed by atoms with Gasteiger partial charge in [0.15, 0.2) is 5.82 Å². The van der Waals surface area contributed by atoms with E-state index in [0.29, 0.717) is 31.1 Å². The summed E-state index contributed by atoms with van der Waals surface area (Å²) in [6.07, 6.45) is 3.83. The van der Waals surface area contributed by atoms with Crippen molar-refractivity contribution >= 4 is 17.6 Å². The molecule has 5 rings (SSSR count). The summed E-state index contributed by atoms with van der Waals surface area (Å²) in [4.78, 5) is 27.1. The van der Waals surface area contributed by atoms with Gasteiger partial charge in [-0.05, 0) is 44.0 Å². The molecule has 3 atom stereocenters. The van der Waals surface area contributed by atoms with Crippen LogP contribution in [0.25, 0.3) is 11.4 Å². The molecule has 1 aromatic carbocycles. The molecule has 2 aromatic rings. The number of hydrogen-bond donors (Lipinski definition) is 1. The van der Waals surface area contributed by atoms with Gasteiger partial charge in [0.25, 0.3) is 0 Å². The van der Waals surface area contributed by atoms with E-state index in [4.69, 9.17) is 25.2 Å². The van der Waals surface area contributed by atoms with E-state index in [9.17, 15) is 4.79 Å². The van der Waals surface area contributed by atoms with E-state index in [-0.39, 0.29) is 30.8 Å². The molecular formula is C24H29N5O3. The van der Waals surface area contributed by atoms with E-state index in [1.165, 1.54) is 0 Å². The van der Waals surface area contributed by atoms with Crippen LogP contribution in [0.4, 0.5) is 16.3 Å². The minimum Gasteiger partial charge on any atom is -0.445 e. The van der Waals surface area contributed by atoms with Crippen LogP contribution in [-0.2, 0) is 15.9 Å². The molecule has 168 valence electrons. The molecule has 0 spiro atoms. The van der Waals surface area contributed by atoms with Gasteiger partial charge in [-0.3, -0.25) is 4.90 Å². The first kappa shape index (κ1) is 20.8. The third-order valence-corrected chi connectivity index (χ3v) is 6.61. The van der Waals surface area contributed by atoms with E-state index in [1.807, 2.05) is 29.2 Å². The molecule has 2 fully saturated rings. The Morgan fingerprint density at radius 1 is 1.31 bits per heavy atom. The topological polar surface area (TPSA) is 93.8 Å². The molecule has 0 unspecified atom stereocenters. The number of hydrogen-bond acceptors (Lipinski definition) is 7. The standard InChI is InChI=1S/C24H29N5O3/c1-3-11-32-24(30)29-18-8-9-20(29)21-19(13-18)26-22(16-4-6-17(25)7-5-16)27-23(21)28-10-12-31-14-15(28)2/h3-7,15,18,20H,1,8-14,25H2,2H3/t15-,18-,20+/m0/s1. The van der Waals surface area contributed by atoms with Crippen molar-refractivity contribution < 1.29 is 14.3 Å². The second kappa shape index (κ2) is 8.43. The lowest BCUT2D eigenvalue weighted by molar-refractivity contribution is 0.0865. The highest BCUT2D eigenvalue weighted by molar-refractivity contribution is 5.72. The monoisotopic (exact) mass is 435 g/mol. The minimum atomic E-state index is -0.286. The van der Waals surface area contributed by atoms with E-state index >= 15 is 0 Å². The fourth-order valence-electron chi connectivity index (χ4n) is 5.09. The molecule has 2 bridgehead atoms. The van der Waals surface area contributed by atoms with Crippen LogP contribution in [0.15, 0.2) is 36.9 Å². The Hall–Kier alpha value is -3.13. The Balaban J connectivity index is 1.61. The number of nitrogen functional groups attached to an aromatic ring is 1. The van der Waals surface area contributed by atoms with Crippen molar-refractivity contribution in [2.75, 3.05) is 37.0 Å². The molecule has 1 amide bonds. The highest BCUT2D eigenvalue weighted by atomic mass is 16.6. The number of fused-ring (bicyclic) bond motifs is 4. The van der Waals surface area contributed by atoms with E-state index < -0.39 is 0 Å². The molecular weight excluding hydrogens is 406 g/mol. The Morgan fingerprint density at radius 2 is 2.12 bits per heavy atom. The summed E-state index contributed by atoms with van der Waals surface area (Å²) in [5, 5.41) is 0. The largest absolute Gasteiger partial charge is 0.445 e. The van der Waals surface area contributed by atoms with Gasteiger partial charge in [-0.25, -0.2) is 14.8 Å². The van der Waals surface area contributed by atoms with Gasteiger partial charge in [0.05, 0.1) is 31.0 Å². The Labute approximate surface area is 188 Å². The summed E-state index contributed by atoms with van der Waals surface area (Å²) < 4.78 is 11.1. The highest BCUT2D eigenvalue weighted by Gasteiger charge is 2.46. The first-order chi connectivity index (χ1) is 15.6. The lowest BCUT2D eigenvalue weighted by Gasteiger charge is -2.40. The summed E-state index contributed by atoms with van der Waals surface area (Å²) in [7, 11) is 0. The van der Waals surface area contributed by atoms with Gasteiger partial charge in [0.1, 0.15) is 12.4 Å². The molecule has 2 N–H and O–H groups in total. The maximum Gasteiger partial charge on any atom is 0.410 e.